The molecule has 5 heteroatoms. The maximum absolute atomic E-state index is 5.70. The van der Waals surface area contributed by atoms with Crippen molar-refractivity contribution in [3.63, 3.8) is 0 Å². The lowest BCUT2D eigenvalue weighted by atomic mass is 9.99. The minimum Gasteiger partial charge on any atom is -0.476 e. The number of halogens is 1. The molecule has 0 bridgehead atoms. The number of rotatable bonds is 3. The van der Waals surface area contributed by atoms with Crippen LogP contribution in [-0.4, -0.2) is 29.7 Å². The van der Waals surface area contributed by atoms with Gasteiger partial charge in [0.05, 0.1) is 19.0 Å². The molecule has 2 rings (SSSR count). The van der Waals surface area contributed by atoms with E-state index in [1.807, 2.05) is 0 Å². The second-order valence-electron chi connectivity index (χ2n) is 3.68. The Labute approximate surface area is 94.0 Å². The van der Waals surface area contributed by atoms with E-state index in [-0.39, 0.29) is 0 Å². The molecule has 0 amide bonds. The van der Waals surface area contributed by atoms with Gasteiger partial charge in [-0.1, -0.05) is 11.6 Å². The first-order chi connectivity index (χ1) is 7.34. The van der Waals surface area contributed by atoms with Gasteiger partial charge in [-0.15, -0.1) is 0 Å². The molecule has 0 spiro atoms. The van der Waals surface area contributed by atoms with Crippen LogP contribution in [-0.2, 0) is 0 Å². The molecule has 0 unspecified atom stereocenters. The molecule has 0 radical (unpaired) electrons. The highest BCUT2D eigenvalue weighted by atomic mass is 35.5. The molecule has 82 valence electrons. The van der Waals surface area contributed by atoms with Gasteiger partial charge in [0.15, 0.2) is 5.15 Å². The molecule has 1 aliphatic rings. The van der Waals surface area contributed by atoms with Gasteiger partial charge in [0.25, 0.3) is 0 Å². The van der Waals surface area contributed by atoms with Crippen LogP contribution in [0.5, 0.6) is 5.88 Å². The molecule has 4 nitrogen and oxygen atoms in total. The summed E-state index contributed by atoms with van der Waals surface area (Å²) in [5, 5.41) is 3.69. The highest BCUT2D eigenvalue weighted by Gasteiger charge is 2.13. The largest absolute Gasteiger partial charge is 0.476 e. The number of piperidine rings is 1. The fourth-order valence-electron chi connectivity index (χ4n) is 1.65. The monoisotopic (exact) mass is 227 g/mol. The first-order valence-corrected chi connectivity index (χ1v) is 5.53. The summed E-state index contributed by atoms with van der Waals surface area (Å²) in [6, 6.07) is 0. The Morgan fingerprint density at radius 3 is 2.93 bits per heavy atom. The van der Waals surface area contributed by atoms with Gasteiger partial charge in [-0.3, -0.25) is 4.98 Å². The van der Waals surface area contributed by atoms with E-state index in [0.29, 0.717) is 23.6 Å². The fraction of sp³-hybridized carbons (Fsp3) is 0.600. The molecule has 0 aliphatic carbocycles. The zero-order chi connectivity index (χ0) is 10.5. The Morgan fingerprint density at radius 1 is 1.40 bits per heavy atom. The van der Waals surface area contributed by atoms with Crippen molar-refractivity contribution in [3.05, 3.63) is 17.5 Å². The molecular formula is C10H14ClN3O. The lowest BCUT2D eigenvalue weighted by Gasteiger charge is -2.22. The van der Waals surface area contributed by atoms with Gasteiger partial charge >= 0.3 is 0 Å². The van der Waals surface area contributed by atoms with Crippen molar-refractivity contribution in [2.75, 3.05) is 19.7 Å². The Morgan fingerprint density at radius 2 is 2.20 bits per heavy atom. The number of aromatic nitrogens is 2. The van der Waals surface area contributed by atoms with Gasteiger partial charge in [-0.2, -0.15) is 4.98 Å². The molecule has 1 aliphatic heterocycles. The highest BCUT2D eigenvalue weighted by Crippen LogP contribution is 2.14. The van der Waals surface area contributed by atoms with E-state index >= 15 is 0 Å². The average Bonchev–Trinajstić information content (AvgIpc) is 2.28. The predicted molar refractivity (Wildman–Crippen MR) is 58.1 cm³/mol. The third-order valence-corrected chi connectivity index (χ3v) is 2.69. The maximum atomic E-state index is 5.70. The molecule has 1 fully saturated rings. The molecule has 2 heterocycles. The third-order valence-electron chi connectivity index (χ3n) is 2.51. The van der Waals surface area contributed by atoms with E-state index in [1.165, 1.54) is 6.20 Å². The summed E-state index contributed by atoms with van der Waals surface area (Å²) >= 11 is 5.70. The van der Waals surface area contributed by atoms with Gasteiger partial charge in [0.1, 0.15) is 0 Å². The second kappa shape index (κ2) is 5.28. The van der Waals surface area contributed by atoms with Crippen LogP contribution in [0.3, 0.4) is 0 Å². The summed E-state index contributed by atoms with van der Waals surface area (Å²) in [6.07, 6.45) is 5.41. The number of hydrogen-bond acceptors (Lipinski definition) is 4. The summed E-state index contributed by atoms with van der Waals surface area (Å²) in [6.45, 7) is 2.86. The van der Waals surface area contributed by atoms with Crippen LogP contribution < -0.4 is 10.1 Å². The molecule has 0 aromatic carbocycles. The molecular weight excluding hydrogens is 214 g/mol. The number of nitrogens with one attached hydrogen (secondary N) is 1. The van der Waals surface area contributed by atoms with E-state index in [9.17, 15) is 0 Å². The van der Waals surface area contributed by atoms with Crippen LogP contribution in [0.4, 0.5) is 0 Å². The third kappa shape index (κ3) is 3.32. The van der Waals surface area contributed by atoms with Gasteiger partial charge in [0, 0.05) is 0 Å². The Balaban J connectivity index is 1.81. The molecule has 15 heavy (non-hydrogen) atoms. The van der Waals surface area contributed by atoms with Gasteiger partial charge in [0.2, 0.25) is 5.88 Å². The summed E-state index contributed by atoms with van der Waals surface area (Å²) in [5.74, 6) is 1.13. The van der Waals surface area contributed by atoms with E-state index in [1.54, 1.807) is 6.20 Å². The van der Waals surface area contributed by atoms with Crippen LogP contribution in [0.2, 0.25) is 5.15 Å². The number of hydrogen-bond donors (Lipinski definition) is 1. The average molecular weight is 228 g/mol. The topological polar surface area (TPSA) is 47.0 Å². The summed E-state index contributed by atoms with van der Waals surface area (Å²) < 4.78 is 5.54. The quantitative estimate of drug-likeness (QED) is 0.851. The molecule has 1 N–H and O–H groups in total. The minimum absolute atomic E-state index is 0.373. The van der Waals surface area contributed by atoms with Crippen LogP contribution in [0.15, 0.2) is 12.4 Å². The second-order valence-corrected chi connectivity index (χ2v) is 4.07. The maximum Gasteiger partial charge on any atom is 0.233 e. The van der Waals surface area contributed by atoms with Crippen LogP contribution in [0, 0.1) is 5.92 Å². The van der Waals surface area contributed by atoms with Crippen LogP contribution in [0.25, 0.3) is 0 Å². The normalized spacial score (nSPS) is 17.7. The lowest BCUT2D eigenvalue weighted by Crippen LogP contribution is -2.30. The van der Waals surface area contributed by atoms with Crippen molar-refractivity contribution >= 4 is 11.6 Å². The number of nitrogens with zero attached hydrogens (tertiary/aromatic N) is 2. The molecule has 0 saturated carbocycles. The summed E-state index contributed by atoms with van der Waals surface area (Å²) in [4.78, 5) is 7.94. The first-order valence-electron chi connectivity index (χ1n) is 5.15. The first kappa shape index (κ1) is 10.6. The summed E-state index contributed by atoms with van der Waals surface area (Å²) in [5.41, 5.74) is 0. The highest BCUT2D eigenvalue weighted by molar-refractivity contribution is 6.29. The van der Waals surface area contributed by atoms with E-state index < -0.39 is 0 Å². The van der Waals surface area contributed by atoms with Gasteiger partial charge in [-0.05, 0) is 31.8 Å². The van der Waals surface area contributed by atoms with E-state index in [4.69, 9.17) is 16.3 Å². The van der Waals surface area contributed by atoms with Gasteiger partial charge in [-0.25, -0.2) is 0 Å². The van der Waals surface area contributed by atoms with Crippen molar-refractivity contribution in [1.82, 2.24) is 15.3 Å². The molecule has 1 aromatic rings. The van der Waals surface area contributed by atoms with Crippen molar-refractivity contribution in [2.24, 2.45) is 5.92 Å². The number of ether oxygens (including phenoxy) is 1. The fourth-order valence-corrected chi connectivity index (χ4v) is 1.79. The minimum atomic E-state index is 0.373. The lowest BCUT2D eigenvalue weighted by molar-refractivity contribution is 0.208. The standard InChI is InChI=1S/C10H14ClN3O/c11-9-5-13-6-10(14-9)15-7-8-1-3-12-4-2-8/h5-6,8,12H,1-4,7H2. The van der Waals surface area contributed by atoms with Crippen molar-refractivity contribution in [3.8, 4) is 5.88 Å². The van der Waals surface area contributed by atoms with Crippen LogP contribution in [0.1, 0.15) is 12.8 Å². The summed E-state index contributed by atoms with van der Waals surface area (Å²) in [7, 11) is 0. The molecule has 1 aromatic heterocycles. The smallest absolute Gasteiger partial charge is 0.233 e. The Bertz CT molecular complexity index is 315. The SMILES string of the molecule is Clc1cncc(OCC2CCNCC2)n1. The molecule has 1 saturated heterocycles. The zero-order valence-electron chi connectivity index (χ0n) is 8.45. The van der Waals surface area contributed by atoms with Crippen LogP contribution >= 0.6 is 11.6 Å². The Kier molecular flexibility index (Phi) is 3.75. The Hall–Kier alpha value is -0.870. The predicted octanol–water partition coefficient (Wildman–Crippen LogP) is 1.51. The van der Waals surface area contributed by atoms with E-state index in [2.05, 4.69) is 15.3 Å². The van der Waals surface area contributed by atoms with Crippen molar-refractivity contribution in [2.45, 2.75) is 12.8 Å². The van der Waals surface area contributed by atoms with E-state index in [0.717, 1.165) is 25.9 Å². The zero-order valence-corrected chi connectivity index (χ0v) is 9.20. The molecule has 0 atom stereocenters. The van der Waals surface area contributed by atoms with Crippen molar-refractivity contribution < 1.29 is 4.74 Å². The van der Waals surface area contributed by atoms with Crippen molar-refractivity contribution in [1.29, 1.82) is 0 Å². The van der Waals surface area contributed by atoms with Gasteiger partial charge < -0.3 is 10.1 Å².